The fourth-order valence-corrected chi connectivity index (χ4v) is 3.24. The van der Waals surface area contributed by atoms with Gasteiger partial charge in [-0.25, -0.2) is 4.39 Å². The summed E-state index contributed by atoms with van der Waals surface area (Å²) in [6.07, 6.45) is 1.32. The summed E-state index contributed by atoms with van der Waals surface area (Å²) < 4.78 is 18.6. The standard InChI is InChI=1S/C22H25FN2O3/c23-19-9-7-18(8-10-19)17-22(27)25-13-4-12-24(14-15-25)21(26)11-16-28-20-5-2-1-3-6-20/h1-3,5-10H,4,11-17H2. The lowest BCUT2D eigenvalue weighted by Crippen LogP contribution is -2.38. The number of hydrogen-bond donors (Lipinski definition) is 0. The van der Waals surface area contributed by atoms with Gasteiger partial charge in [0.05, 0.1) is 19.4 Å². The maximum atomic E-state index is 13.0. The summed E-state index contributed by atoms with van der Waals surface area (Å²) in [5, 5.41) is 0. The van der Waals surface area contributed by atoms with E-state index in [2.05, 4.69) is 0 Å². The van der Waals surface area contributed by atoms with Gasteiger partial charge in [-0.2, -0.15) is 0 Å². The smallest absolute Gasteiger partial charge is 0.227 e. The Balaban J connectivity index is 1.43. The third kappa shape index (κ3) is 5.81. The van der Waals surface area contributed by atoms with Gasteiger partial charge in [0.25, 0.3) is 0 Å². The van der Waals surface area contributed by atoms with Crippen LogP contribution in [0.5, 0.6) is 5.75 Å². The van der Waals surface area contributed by atoms with Gasteiger partial charge in [-0.1, -0.05) is 30.3 Å². The topological polar surface area (TPSA) is 49.9 Å². The molecule has 0 spiro atoms. The summed E-state index contributed by atoms with van der Waals surface area (Å²) in [4.78, 5) is 28.6. The Morgan fingerprint density at radius 3 is 2.18 bits per heavy atom. The molecule has 0 N–H and O–H groups in total. The van der Waals surface area contributed by atoms with Crippen molar-refractivity contribution < 1.29 is 18.7 Å². The zero-order valence-electron chi connectivity index (χ0n) is 15.9. The SMILES string of the molecule is O=C(CCOc1ccccc1)N1CCCN(C(=O)Cc2ccc(F)cc2)CC1. The number of nitrogens with zero attached hydrogens (tertiary/aromatic N) is 2. The molecule has 6 heteroatoms. The van der Waals surface area contributed by atoms with Crippen molar-refractivity contribution in [2.24, 2.45) is 0 Å². The van der Waals surface area contributed by atoms with E-state index in [0.29, 0.717) is 39.2 Å². The van der Waals surface area contributed by atoms with Gasteiger partial charge in [-0.05, 0) is 36.2 Å². The van der Waals surface area contributed by atoms with E-state index < -0.39 is 0 Å². The van der Waals surface area contributed by atoms with Gasteiger partial charge < -0.3 is 14.5 Å². The predicted molar refractivity (Wildman–Crippen MR) is 104 cm³/mol. The molecule has 5 nitrogen and oxygen atoms in total. The molecule has 0 aliphatic carbocycles. The van der Waals surface area contributed by atoms with E-state index in [4.69, 9.17) is 4.74 Å². The first-order valence-electron chi connectivity index (χ1n) is 9.59. The molecule has 2 aromatic carbocycles. The molecule has 2 aromatic rings. The Kier molecular flexibility index (Phi) is 7.00. The van der Waals surface area contributed by atoms with Crippen LogP contribution in [0.2, 0.25) is 0 Å². The monoisotopic (exact) mass is 384 g/mol. The number of rotatable bonds is 6. The minimum atomic E-state index is -0.309. The normalized spacial score (nSPS) is 14.5. The van der Waals surface area contributed by atoms with Gasteiger partial charge in [0, 0.05) is 26.2 Å². The molecule has 0 saturated carbocycles. The minimum Gasteiger partial charge on any atom is -0.493 e. The number of ether oxygens (including phenoxy) is 1. The van der Waals surface area contributed by atoms with Gasteiger partial charge in [-0.3, -0.25) is 9.59 Å². The van der Waals surface area contributed by atoms with E-state index in [1.165, 1.54) is 12.1 Å². The molecule has 0 bridgehead atoms. The van der Waals surface area contributed by atoms with Crippen molar-refractivity contribution in [2.75, 3.05) is 32.8 Å². The van der Waals surface area contributed by atoms with Crippen LogP contribution in [-0.2, 0) is 16.0 Å². The first kappa shape index (κ1) is 19.9. The van der Waals surface area contributed by atoms with Gasteiger partial charge in [0.15, 0.2) is 0 Å². The average molecular weight is 384 g/mol. The van der Waals surface area contributed by atoms with E-state index in [1.807, 2.05) is 30.3 Å². The Bertz CT molecular complexity index is 780. The Morgan fingerprint density at radius 1 is 0.857 bits per heavy atom. The molecule has 0 radical (unpaired) electrons. The Labute approximate surface area is 164 Å². The molecule has 28 heavy (non-hydrogen) atoms. The average Bonchev–Trinajstić information content (AvgIpc) is 2.97. The van der Waals surface area contributed by atoms with Crippen LogP contribution in [0.3, 0.4) is 0 Å². The maximum Gasteiger partial charge on any atom is 0.227 e. The second kappa shape index (κ2) is 9.88. The second-order valence-electron chi connectivity index (χ2n) is 6.83. The van der Waals surface area contributed by atoms with Crippen molar-refractivity contribution >= 4 is 11.8 Å². The Morgan fingerprint density at radius 2 is 1.50 bits per heavy atom. The summed E-state index contributed by atoms with van der Waals surface area (Å²) >= 11 is 0. The van der Waals surface area contributed by atoms with Crippen molar-refractivity contribution in [2.45, 2.75) is 19.3 Å². The van der Waals surface area contributed by atoms with Crippen LogP contribution in [0, 0.1) is 5.82 Å². The number of carbonyl (C=O) groups is 2. The number of para-hydroxylation sites is 1. The molecular weight excluding hydrogens is 359 g/mol. The van der Waals surface area contributed by atoms with Crippen LogP contribution in [0.15, 0.2) is 54.6 Å². The van der Waals surface area contributed by atoms with Gasteiger partial charge >= 0.3 is 0 Å². The third-order valence-corrected chi connectivity index (χ3v) is 4.80. The number of benzene rings is 2. The van der Waals surface area contributed by atoms with Crippen molar-refractivity contribution in [1.29, 1.82) is 0 Å². The quantitative estimate of drug-likeness (QED) is 0.770. The molecular formula is C22H25FN2O3. The molecule has 0 aromatic heterocycles. The second-order valence-corrected chi connectivity index (χ2v) is 6.83. The molecule has 1 aliphatic rings. The van der Waals surface area contributed by atoms with Gasteiger partial charge in [-0.15, -0.1) is 0 Å². The molecule has 0 atom stereocenters. The number of hydrogen-bond acceptors (Lipinski definition) is 3. The summed E-state index contributed by atoms with van der Waals surface area (Å²) in [5.41, 5.74) is 0.793. The van der Waals surface area contributed by atoms with Crippen molar-refractivity contribution in [3.63, 3.8) is 0 Å². The van der Waals surface area contributed by atoms with E-state index in [-0.39, 0.29) is 24.1 Å². The minimum absolute atomic E-state index is 0.00770. The lowest BCUT2D eigenvalue weighted by molar-refractivity contribution is -0.133. The highest BCUT2D eigenvalue weighted by molar-refractivity contribution is 5.79. The maximum absolute atomic E-state index is 13.0. The molecule has 0 unspecified atom stereocenters. The van der Waals surface area contributed by atoms with Crippen molar-refractivity contribution in [1.82, 2.24) is 9.80 Å². The summed E-state index contributed by atoms with van der Waals surface area (Å²) in [7, 11) is 0. The highest BCUT2D eigenvalue weighted by atomic mass is 19.1. The molecule has 2 amide bonds. The molecule has 148 valence electrons. The molecule has 1 aliphatic heterocycles. The molecule has 1 heterocycles. The van der Waals surface area contributed by atoms with Crippen LogP contribution >= 0.6 is 0 Å². The first-order valence-corrected chi connectivity index (χ1v) is 9.59. The highest BCUT2D eigenvalue weighted by Gasteiger charge is 2.22. The van der Waals surface area contributed by atoms with Crippen LogP contribution in [0.4, 0.5) is 4.39 Å². The fourth-order valence-electron chi connectivity index (χ4n) is 3.24. The number of carbonyl (C=O) groups excluding carboxylic acids is 2. The fraction of sp³-hybridized carbons (Fsp3) is 0.364. The Hall–Kier alpha value is -2.89. The molecule has 1 fully saturated rings. The number of halogens is 1. The highest BCUT2D eigenvalue weighted by Crippen LogP contribution is 2.11. The van der Waals surface area contributed by atoms with Crippen LogP contribution in [-0.4, -0.2) is 54.4 Å². The predicted octanol–water partition coefficient (Wildman–Crippen LogP) is 2.90. The first-order chi connectivity index (χ1) is 13.6. The summed E-state index contributed by atoms with van der Waals surface area (Å²) in [6.45, 7) is 2.66. The van der Waals surface area contributed by atoms with Crippen LogP contribution in [0.1, 0.15) is 18.4 Å². The van der Waals surface area contributed by atoms with E-state index in [0.717, 1.165) is 17.7 Å². The zero-order valence-corrected chi connectivity index (χ0v) is 15.9. The van der Waals surface area contributed by atoms with E-state index in [1.54, 1.807) is 21.9 Å². The van der Waals surface area contributed by atoms with Gasteiger partial charge in [0.2, 0.25) is 11.8 Å². The third-order valence-electron chi connectivity index (χ3n) is 4.80. The molecule has 1 saturated heterocycles. The van der Waals surface area contributed by atoms with Gasteiger partial charge in [0.1, 0.15) is 11.6 Å². The summed E-state index contributed by atoms with van der Waals surface area (Å²) in [6, 6.07) is 15.4. The zero-order chi connectivity index (χ0) is 19.8. The van der Waals surface area contributed by atoms with E-state index in [9.17, 15) is 14.0 Å². The molecule has 3 rings (SSSR count). The van der Waals surface area contributed by atoms with Crippen molar-refractivity contribution in [3.8, 4) is 5.75 Å². The lowest BCUT2D eigenvalue weighted by Gasteiger charge is -2.22. The summed E-state index contributed by atoms with van der Waals surface area (Å²) in [5.74, 6) is 0.497. The largest absolute Gasteiger partial charge is 0.493 e. The lowest BCUT2D eigenvalue weighted by atomic mass is 10.1. The van der Waals surface area contributed by atoms with Crippen LogP contribution in [0.25, 0.3) is 0 Å². The van der Waals surface area contributed by atoms with Crippen molar-refractivity contribution in [3.05, 3.63) is 66.0 Å². The van der Waals surface area contributed by atoms with E-state index >= 15 is 0 Å². The number of amides is 2. The van der Waals surface area contributed by atoms with Crippen LogP contribution < -0.4 is 4.74 Å².